The van der Waals surface area contributed by atoms with Crippen molar-refractivity contribution in [3.8, 4) is 0 Å². The molecule has 1 heterocycles. The topological polar surface area (TPSA) is 38.5 Å². The van der Waals surface area contributed by atoms with Crippen molar-refractivity contribution in [2.24, 2.45) is 5.73 Å². The summed E-state index contributed by atoms with van der Waals surface area (Å²) in [4.78, 5) is 2.29. The van der Waals surface area contributed by atoms with Gasteiger partial charge in [-0.1, -0.05) is 37.6 Å². The van der Waals surface area contributed by atoms with Gasteiger partial charge in [0, 0.05) is 25.7 Å². The smallest absolute Gasteiger partial charge is 0.0702 e. The second-order valence-electron chi connectivity index (χ2n) is 5.95. The van der Waals surface area contributed by atoms with Gasteiger partial charge in [0.2, 0.25) is 0 Å². The van der Waals surface area contributed by atoms with E-state index < -0.39 is 0 Å². The number of rotatable bonds is 7. The molecule has 0 bridgehead atoms. The summed E-state index contributed by atoms with van der Waals surface area (Å²) >= 11 is 0. The molecule has 2 unspecified atom stereocenters. The van der Waals surface area contributed by atoms with Crippen molar-refractivity contribution < 1.29 is 4.74 Å². The molecule has 1 aromatic rings. The first-order valence-electron chi connectivity index (χ1n) is 7.83. The van der Waals surface area contributed by atoms with E-state index in [0.717, 1.165) is 26.1 Å². The summed E-state index contributed by atoms with van der Waals surface area (Å²) in [7, 11) is 2.13. The third-order valence-corrected chi connectivity index (χ3v) is 3.99. The van der Waals surface area contributed by atoms with Gasteiger partial charge in [-0.2, -0.15) is 0 Å². The molecule has 3 heteroatoms. The Morgan fingerprint density at radius 1 is 1.35 bits per heavy atom. The monoisotopic (exact) mass is 276 g/mol. The summed E-state index contributed by atoms with van der Waals surface area (Å²) in [6.45, 7) is 5.00. The molecule has 0 radical (unpaired) electrons. The van der Waals surface area contributed by atoms with Gasteiger partial charge in [0.05, 0.1) is 6.10 Å². The first-order chi connectivity index (χ1) is 9.69. The van der Waals surface area contributed by atoms with Gasteiger partial charge in [-0.25, -0.2) is 0 Å². The highest BCUT2D eigenvalue weighted by Crippen LogP contribution is 2.16. The number of ether oxygens (including phenoxy) is 1. The van der Waals surface area contributed by atoms with Gasteiger partial charge in [-0.05, 0) is 37.4 Å². The fraction of sp³-hybridized carbons (Fsp3) is 0.647. The van der Waals surface area contributed by atoms with Gasteiger partial charge in [-0.15, -0.1) is 0 Å². The Bertz CT molecular complexity index is 384. The Balaban J connectivity index is 1.81. The van der Waals surface area contributed by atoms with Crippen LogP contribution in [0.25, 0.3) is 0 Å². The van der Waals surface area contributed by atoms with E-state index >= 15 is 0 Å². The minimum absolute atomic E-state index is 0.0806. The summed E-state index contributed by atoms with van der Waals surface area (Å²) in [5.41, 5.74) is 8.94. The second-order valence-corrected chi connectivity index (χ2v) is 5.95. The zero-order chi connectivity index (χ0) is 14.4. The molecule has 0 saturated carbocycles. The fourth-order valence-corrected chi connectivity index (χ4v) is 2.87. The highest BCUT2D eigenvalue weighted by atomic mass is 16.5. The molecule has 1 aliphatic heterocycles. The molecule has 1 aromatic carbocycles. The first-order valence-corrected chi connectivity index (χ1v) is 7.83. The van der Waals surface area contributed by atoms with Crippen molar-refractivity contribution >= 4 is 0 Å². The summed E-state index contributed by atoms with van der Waals surface area (Å²) in [6.07, 6.45) is 5.12. The number of nitrogens with zero attached hydrogens (tertiary/aromatic N) is 1. The fourth-order valence-electron chi connectivity index (χ4n) is 2.87. The van der Waals surface area contributed by atoms with E-state index in [2.05, 4.69) is 43.1 Å². The highest BCUT2D eigenvalue weighted by Gasteiger charge is 2.18. The van der Waals surface area contributed by atoms with Crippen molar-refractivity contribution in [1.82, 2.24) is 4.90 Å². The van der Waals surface area contributed by atoms with E-state index in [1.54, 1.807) is 0 Å². The molecule has 112 valence electrons. The quantitative estimate of drug-likeness (QED) is 0.832. The normalized spacial score (nSPS) is 20.5. The molecule has 20 heavy (non-hydrogen) atoms. The van der Waals surface area contributed by atoms with E-state index in [9.17, 15) is 0 Å². The second kappa shape index (κ2) is 7.77. The lowest BCUT2D eigenvalue weighted by molar-refractivity contribution is 0.0796. The molecule has 0 spiro atoms. The molecule has 0 amide bonds. The average molecular weight is 276 g/mol. The number of benzene rings is 1. The molecule has 2 atom stereocenters. The van der Waals surface area contributed by atoms with Gasteiger partial charge in [0.1, 0.15) is 0 Å². The average Bonchev–Trinajstić information content (AvgIpc) is 2.92. The largest absolute Gasteiger partial charge is 0.377 e. The maximum Gasteiger partial charge on any atom is 0.0702 e. The summed E-state index contributed by atoms with van der Waals surface area (Å²) in [6, 6.07) is 8.85. The number of hydrogen-bond donors (Lipinski definition) is 1. The van der Waals surface area contributed by atoms with E-state index in [1.807, 2.05) is 0 Å². The number of likely N-dealkylation sites (N-methyl/N-ethyl adjacent to an activating group) is 1. The van der Waals surface area contributed by atoms with Crippen LogP contribution in [0, 0.1) is 0 Å². The minimum Gasteiger partial charge on any atom is -0.377 e. The molecular formula is C17H28N2O. The zero-order valence-electron chi connectivity index (χ0n) is 12.8. The minimum atomic E-state index is 0.0806. The van der Waals surface area contributed by atoms with Crippen molar-refractivity contribution in [1.29, 1.82) is 0 Å². The lowest BCUT2D eigenvalue weighted by atomic mass is 10.0. The third-order valence-electron chi connectivity index (χ3n) is 3.99. The Kier molecular flexibility index (Phi) is 6.02. The molecule has 2 N–H and O–H groups in total. The predicted molar refractivity (Wildman–Crippen MR) is 83.8 cm³/mol. The maximum absolute atomic E-state index is 6.31. The Morgan fingerprint density at radius 2 is 2.10 bits per heavy atom. The zero-order valence-corrected chi connectivity index (χ0v) is 12.8. The van der Waals surface area contributed by atoms with Crippen LogP contribution in [0.4, 0.5) is 0 Å². The van der Waals surface area contributed by atoms with Crippen molar-refractivity contribution in [2.75, 3.05) is 26.7 Å². The van der Waals surface area contributed by atoms with Gasteiger partial charge >= 0.3 is 0 Å². The maximum atomic E-state index is 6.31. The lowest BCUT2D eigenvalue weighted by Crippen LogP contribution is -2.34. The lowest BCUT2D eigenvalue weighted by Gasteiger charge is -2.24. The van der Waals surface area contributed by atoms with Gasteiger partial charge in [-0.3, -0.25) is 0 Å². The van der Waals surface area contributed by atoms with Crippen LogP contribution >= 0.6 is 0 Å². The van der Waals surface area contributed by atoms with Crippen molar-refractivity contribution in [3.63, 3.8) is 0 Å². The van der Waals surface area contributed by atoms with Crippen LogP contribution in [0.2, 0.25) is 0 Å². The van der Waals surface area contributed by atoms with Crippen LogP contribution in [-0.4, -0.2) is 37.7 Å². The standard InChI is InChI=1S/C17H28N2O/c1-3-5-14-7-9-15(10-8-14)17(18)13-19(2)12-16-6-4-11-20-16/h7-10,16-17H,3-6,11-13,18H2,1-2H3. The molecular weight excluding hydrogens is 248 g/mol. The van der Waals surface area contributed by atoms with E-state index in [1.165, 1.54) is 30.4 Å². The summed E-state index contributed by atoms with van der Waals surface area (Å²) < 4.78 is 5.67. The molecule has 1 fully saturated rings. The van der Waals surface area contributed by atoms with Crippen LogP contribution in [0.1, 0.15) is 43.4 Å². The molecule has 1 saturated heterocycles. The van der Waals surface area contributed by atoms with Crippen LogP contribution in [-0.2, 0) is 11.2 Å². The van der Waals surface area contributed by atoms with Crippen LogP contribution in [0.3, 0.4) is 0 Å². The van der Waals surface area contributed by atoms with Crippen LogP contribution < -0.4 is 5.73 Å². The van der Waals surface area contributed by atoms with Crippen molar-refractivity contribution in [2.45, 2.75) is 44.8 Å². The molecule has 3 nitrogen and oxygen atoms in total. The predicted octanol–water partition coefficient (Wildman–Crippen LogP) is 2.75. The van der Waals surface area contributed by atoms with E-state index in [4.69, 9.17) is 10.5 Å². The SMILES string of the molecule is CCCc1ccc(C(N)CN(C)CC2CCCO2)cc1. The van der Waals surface area contributed by atoms with Gasteiger partial charge in [0.25, 0.3) is 0 Å². The molecule has 0 aromatic heterocycles. The number of aryl methyl sites for hydroxylation is 1. The van der Waals surface area contributed by atoms with Crippen LogP contribution in [0.5, 0.6) is 0 Å². The Labute approximate surface area is 123 Å². The Hall–Kier alpha value is -0.900. The summed E-state index contributed by atoms with van der Waals surface area (Å²) in [5, 5.41) is 0. The molecule has 0 aliphatic carbocycles. The number of nitrogens with two attached hydrogens (primary N) is 1. The van der Waals surface area contributed by atoms with E-state index in [0.29, 0.717) is 6.10 Å². The van der Waals surface area contributed by atoms with Gasteiger partial charge < -0.3 is 15.4 Å². The summed E-state index contributed by atoms with van der Waals surface area (Å²) in [5.74, 6) is 0. The molecule has 2 rings (SSSR count). The van der Waals surface area contributed by atoms with E-state index in [-0.39, 0.29) is 6.04 Å². The first kappa shape index (κ1) is 15.5. The number of hydrogen-bond acceptors (Lipinski definition) is 3. The Morgan fingerprint density at radius 3 is 2.70 bits per heavy atom. The molecule has 1 aliphatic rings. The van der Waals surface area contributed by atoms with Crippen molar-refractivity contribution in [3.05, 3.63) is 35.4 Å². The van der Waals surface area contributed by atoms with Gasteiger partial charge in [0.15, 0.2) is 0 Å². The van der Waals surface area contributed by atoms with Crippen LogP contribution in [0.15, 0.2) is 24.3 Å². The highest BCUT2D eigenvalue weighted by molar-refractivity contribution is 5.25. The third kappa shape index (κ3) is 4.58.